The summed E-state index contributed by atoms with van der Waals surface area (Å²) < 4.78 is 6.94. The smallest absolute Gasteiger partial charge is 0.270 e. The molecule has 0 aliphatic carbocycles. The number of rotatable bonds is 6. The number of hydrogen-bond donors (Lipinski definition) is 1. The van der Waals surface area contributed by atoms with Crippen LogP contribution in [0.15, 0.2) is 42.6 Å². The Morgan fingerprint density at radius 1 is 1.26 bits per heavy atom. The maximum absolute atomic E-state index is 12.9. The molecule has 27 heavy (non-hydrogen) atoms. The SMILES string of the molecule is COc1ccc(C(CNC(=O)c2c(C)nc3ccc(Cl)cn23)N(C)C)cc1. The highest BCUT2D eigenvalue weighted by molar-refractivity contribution is 6.30. The molecule has 1 amide bonds. The summed E-state index contributed by atoms with van der Waals surface area (Å²) in [5.41, 5.74) is 2.96. The van der Waals surface area contributed by atoms with Crippen LogP contribution in [-0.4, -0.2) is 47.9 Å². The van der Waals surface area contributed by atoms with Crippen molar-refractivity contribution in [2.24, 2.45) is 0 Å². The lowest BCUT2D eigenvalue weighted by molar-refractivity contribution is 0.0935. The van der Waals surface area contributed by atoms with Crippen molar-refractivity contribution in [3.63, 3.8) is 0 Å². The van der Waals surface area contributed by atoms with Crippen LogP contribution in [0, 0.1) is 6.92 Å². The number of pyridine rings is 1. The molecule has 0 fully saturated rings. The summed E-state index contributed by atoms with van der Waals surface area (Å²) in [6, 6.07) is 11.4. The maximum Gasteiger partial charge on any atom is 0.270 e. The molecule has 142 valence electrons. The summed E-state index contributed by atoms with van der Waals surface area (Å²) in [5.74, 6) is 0.626. The first-order valence-corrected chi connectivity index (χ1v) is 9.01. The summed E-state index contributed by atoms with van der Waals surface area (Å²) in [4.78, 5) is 19.4. The van der Waals surface area contributed by atoms with Gasteiger partial charge < -0.3 is 15.0 Å². The van der Waals surface area contributed by atoms with Crippen molar-refractivity contribution < 1.29 is 9.53 Å². The molecule has 7 heteroatoms. The van der Waals surface area contributed by atoms with E-state index in [1.165, 1.54) is 0 Å². The van der Waals surface area contributed by atoms with Gasteiger partial charge in [-0.1, -0.05) is 23.7 Å². The van der Waals surface area contributed by atoms with Crippen LogP contribution in [-0.2, 0) is 0 Å². The van der Waals surface area contributed by atoms with Crippen molar-refractivity contribution >= 4 is 23.2 Å². The molecule has 1 N–H and O–H groups in total. The number of imidazole rings is 1. The van der Waals surface area contributed by atoms with Crippen molar-refractivity contribution in [3.8, 4) is 5.75 Å². The summed E-state index contributed by atoms with van der Waals surface area (Å²) in [6.07, 6.45) is 1.71. The number of hydrogen-bond acceptors (Lipinski definition) is 4. The number of nitrogens with one attached hydrogen (secondary N) is 1. The van der Waals surface area contributed by atoms with E-state index in [9.17, 15) is 4.79 Å². The number of methoxy groups -OCH3 is 1. The number of aromatic nitrogens is 2. The van der Waals surface area contributed by atoms with E-state index >= 15 is 0 Å². The van der Waals surface area contributed by atoms with Crippen LogP contribution in [0.5, 0.6) is 5.75 Å². The minimum absolute atomic E-state index is 0.0305. The molecule has 0 aliphatic rings. The molecule has 0 saturated heterocycles. The van der Waals surface area contributed by atoms with E-state index in [-0.39, 0.29) is 11.9 Å². The van der Waals surface area contributed by atoms with E-state index in [4.69, 9.17) is 16.3 Å². The molecule has 1 atom stereocenters. The van der Waals surface area contributed by atoms with E-state index in [2.05, 4.69) is 15.2 Å². The Kier molecular flexibility index (Phi) is 5.68. The molecular weight excluding hydrogens is 364 g/mol. The highest BCUT2D eigenvalue weighted by Crippen LogP contribution is 2.21. The summed E-state index contributed by atoms with van der Waals surface area (Å²) >= 11 is 6.08. The average molecular weight is 387 g/mol. The van der Waals surface area contributed by atoms with Crippen LogP contribution in [0.25, 0.3) is 5.65 Å². The highest BCUT2D eigenvalue weighted by atomic mass is 35.5. The van der Waals surface area contributed by atoms with Gasteiger partial charge in [0.25, 0.3) is 5.91 Å². The third-order valence-electron chi connectivity index (χ3n) is 4.55. The predicted octanol–water partition coefficient (Wildman–Crippen LogP) is 3.34. The Bertz CT molecular complexity index is 951. The second-order valence-electron chi connectivity index (χ2n) is 6.58. The third-order valence-corrected chi connectivity index (χ3v) is 4.78. The van der Waals surface area contributed by atoms with Crippen molar-refractivity contribution in [3.05, 3.63) is 64.6 Å². The minimum Gasteiger partial charge on any atom is -0.497 e. The lowest BCUT2D eigenvalue weighted by atomic mass is 10.1. The van der Waals surface area contributed by atoms with Gasteiger partial charge in [-0.05, 0) is 50.8 Å². The Labute approximate surface area is 163 Å². The summed E-state index contributed by atoms with van der Waals surface area (Å²) in [6.45, 7) is 2.29. The number of nitrogens with zero attached hydrogens (tertiary/aromatic N) is 3. The fraction of sp³-hybridized carbons (Fsp3) is 0.300. The van der Waals surface area contributed by atoms with Gasteiger partial charge in [-0.2, -0.15) is 0 Å². The zero-order valence-electron chi connectivity index (χ0n) is 15.9. The first kappa shape index (κ1) is 19.2. The largest absolute Gasteiger partial charge is 0.497 e. The fourth-order valence-corrected chi connectivity index (χ4v) is 3.27. The number of amides is 1. The molecule has 6 nitrogen and oxygen atoms in total. The van der Waals surface area contributed by atoms with Crippen molar-refractivity contribution in [2.75, 3.05) is 27.7 Å². The quantitative estimate of drug-likeness (QED) is 0.705. The van der Waals surface area contributed by atoms with Gasteiger partial charge in [0.15, 0.2) is 0 Å². The molecule has 0 aliphatic heterocycles. The first-order chi connectivity index (χ1) is 12.9. The van der Waals surface area contributed by atoms with Crippen LogP contribution in [0.2, 0.25) is 5.02 Å². The number of ether oxygens (including phenoxy) is 1. The fourth-order valence-electron chi connectivity index (χ4n) is 3.11. The number of fused-ring (bicyclic) bond motifs is 1. The van der Waals surface area contributed by atoms with Crippen LogP contribution < -0.4 is 10.1 Å². The van der Waals surface area contributed by atoms with Gasteiger partial charge in [0.05, 0.1) is 23.9 Å². The van der Waals surface area contributed by atoms with Gasteiger partial charge in [0, 0.05) is 12.7 Å². The molecule has 2 aromatic heterocycles. The highest BCUT2D eigenvalue weighted by Gasteiger charge is 2.20. The predicted molar refractivity (Wildman–Crippen MR) is 107 cm³/mol. The number of likely N-dealkylation sites (N-methyl/N-ethyl adjacent to an activating group) is 1. The molecule has 0 spiro atoms. The maximum atomic E-state index is 12.9. The number of carbonyl (C=O) groups excluding carboxylic acids is 1. The normalized spacial score (nSPS) is 12.4. The molecule has 3 rings (SSSR count). The summed E-state index contributed by atoms with van der Waals surface area (Å²) in [7, 11) is 5.61. The molecule has 1 aromatic carbocycles. The Morgan fingerprint density at radius 3 is 2.59 bits per heavy atom. The number of halogens is 1. The molecule has 0 bridgehead atoms. The van der Waals surface area contributed by atoms with Crippen molar-refractivity contribution in [1.29, 1.82) is 0 Å². The molecule has 1 unspecified atom stereocenters. The van der Waals surface area contributed by atoms with Gasteiger partial charge in [-0.25, -0.2) is 4.98 Å². The van der Waals surface area contributed by atoms with E-state index in [1.807, 2.05) is 45.3 Å². The van der Waals surface area contributed by atoms with E-state index < -0.39 is 0 Å². The van der Waals surface area contributed by atoms with E-state index in [1.54, 1.807) is 29.8 Å². The third kappa shape index (κ3) is 4.07. The molecule has 0 radical (unpaired) electrons. The van der Waals surface area contributed by atoms with Gasteiger partial charge in [0.2, 0.25) is 0 Å². The lowest BCUT2D eigenvalue weighted by Gasteiger charge is -2.25. The van der Waals surface area contributed by atoms with Crippen LogP contribution in [0.3, 0.4) is 0 Å². The number of aryl methyl sites for hydroxylation is 1. The van der Waals surface area contributed by atoms with Crippen molar-refractivity contribution in [1.82, 2.24) is 19.6 Å². The van der Waals surface area contributed by atoms with Gasteiger partial charge in [-0.15, -0.1) is 0 Å². The van der Waals surface area contributed by atoms with Gasteiger partial charge in [-0.3, -0.25) is 9.20 Å². The van der Waals surface area contributed by atoms with Crippen molar-refractivity contribution in [2.45, 2.75) is 13.0 Å². The molecule has 0 saturated carbocycles. The van der Waals surface area contributed by atoms with Gasteiger partial charge in [0.1, 0.15) is 17.1 Å². The minimum atomic E-state index is -0.178. The lowest BCUT2D eigenvalue weighted by Crippen LogP contribution is -2.35. The zero-order chi connectivity index (χ0) is 19.6. The molecule has 2 heterocycles. The summed E-state index contributed by atoms with van der Waals surface area (Å²) in [5, 5.41) is 3.58. The van der Waals surface area contributed by atoms with E-state index in [0.29, 0.717) is 28.6 Å². The second-order valence-corrected chi connectivity index (χ2v) is 7.02. The Morgan fingerprint density at radius 2 is 1.96 bits per heavy atom. The molecule has 3 aromatic rings. The van der Waals surface area contributed by atoms with Gasteiger partial charge >= 0.3 is 0 Å². The van der Waals surface area contributed by atoms with E-state index in [0.717, 1.165) is 11.3 Å². The standard InChI is InChI=1S/C20H23ClN4O2/c1-13-19(25-12-15(21)7-10-18(25)23-13)20(26)22-11-17(24(2)3)14-5-8-16(27-4)9-6-14/h5-10,12,17H,11H2,1-4H3,(H,22,26). The van der Waals surface area contributed by atoms with Crippen LogP contribution in [0.1, 0.15) is 27.8 Å². The average Bonchev–Trinajstić information content (AvgIpc) is 2.97. The number of benzene rings is 1. The zero-order valence-corrected chi connectivity index (χ0v) is 16.6. The first-order valence-electron chi connectivity index (χ1n) is 8.63. The Hall–Kier alpha value is -2.57. The number of carbonyl (C=O) groups is 1. The monoisotopic (exact) mass is 386 g/mol. The topological polar surface area (TPSA) is 58.9 Å². The van der Waals surface area contributed by atoms with Crippen LogP contribution in [0.4, 0.5) is 0 Å². The second kappa shape index (κ2) is 7.98. The molecular formula is C20H23ClN4O2. The Balaban J connectivity index is 1.80. The van der Waals surface area contributed by atoms with Crippen LogP contribution >= 0.6 is 11.6 Å².